The standard InChI is InChI=1S/C28H24BrN3O6S/c1-3-37-27(35)17-8-11-20(12-9-17)30-28-32-26(34)24(39-28)15-18-14-19(29)10-13-22(18)38-16-25(33)31-21-6-4-5-7-23(21)36-2/h4-15H,3,16H2,1-2H3,(H,31,33)(H,30,32,34)/b24-15-. The van der Waals surface area contributed by atoms with E-state index in [1.165, 1.54) is 18.9 Å². The number of nitrogens with one attached hydrogen (secondary N) is 2. The van der Waals surface area contributed by atoms with Gasteiger partial charge in [0.2, 0.25) is 0 Å². The number of halogens is 1. The second-order valence-electron chi connectivity index (χ2n) is 7.97. The lowest BCUT2D eigenvalue weighted by Gasteiger charge is -2.12. The Kier molecular flexibility index (Phi) is 9.40. The third-order valence-corrected chi connectivity index (χ3v) is 6.66. The molecule has 0 aromatic heterocycles. The first-order valence-electron chi connectivity index (χ1n) is 11.8. The number of para-hydroxylation sites is 2. The summed E-state index contributed by atoms with van der Waals surface area (Å²) in [7, 11) is 1.53. The van der Waals surface area contributed by atoms with Crippen molar-refractivity contribution in [2.45, 2.75) is 6.92 Å². The molecular weight excluding hydrogens is 586 g/mol. The number of rotatable bonds is 9. The highest BCUT2D eigenvalue weighted by Gasteiger charge is 2.24. The zero-order valence-corrected chi connectivity index (χ0v) is 23.4. The number of carbonyl (C=O) groups is 3. The molecule has 0 bridgehead atoms. The fourth-order valence-corrected chi connectivity index (χ4v) is 4.68. The first kappa shape index (κ1) is 27.9. The van der Waals surface area contributed by atoms with Crippen LogP contribution in [-0.4, -0.2) is 43.3 Å². The molecule has 0 saturated carbocycles. The molecule has 0 unspecified atom stereocenters. The first-order valence-corrected chi connectivity index (χ1v) is 13.4. The van der Waals surface area contributed by atoms with Crippen LogP contribution in [0.15, 0.2) is 81.1 Å². The Hall–Kier alpha value is -4.09. The lowest BCUT2D eigenvalue weighted by molar-refractivity contribution is -0.118. The van der Waals surface area contributed by atoms with Gasteiger partial charge in [0, 0.05) is 10.0 Å². The van der Waals surface area contributed by atoms with Crippen molar-refractivity contribution in [1.82, 2.24) is 5.32 Å². The predicted molar refractivity (Wildman–Crippen MR) is 154 cm³/mol. The van der Waals surface area contributed by atoms with Crippen molar-refractivity contribution in [3.05, 3.63) is 87.2 Å². The summed E-state index contributed by atoms with van der Waals surface area (Å²) in [5, 5.41) is 5.90. The van der Waals surface area contributed by atoms with E-state index >= 15 is 0 Å². The van der Waals surface area contributed by atoms with Crippen molar-refractivity contribution < 1.29 is 28.6 Å². The van der Waals surface area contributed by atoms with E-state index in [-0.39, 0.29) is 18.4 Å². The highest BCUT2D eigenvalue weighted by atomic mass is 79.9. The largest absolute Gasteiger partial charge is 0.495 e. The number of ether oxygens (including phenoxy) is 3. The van der Waals surface area contributed by atoms with Gasteiger partial charge in [-0.3, -0.25) is 9.59 Å². The molecule has 3 aromatic rings. The van der Waals surface area contributed by atoms with Crippen LogP contribution in [0.2, 0.25) is 0 Å². The van der Waals surface area contributed by atoms with E-state index in [0.717, 1.165) is 4.47 Å². The zero-order valence-electron chi connectivity index (χ0n) is 21.0. The summed E-state index contributed by atoms with van der Waals surface area (Å²) in [5.74, 6) is -0.125. The number of nitrogens with zero attached hydrogens (tertiary/aromatic N) is 1. The Morgan fingerprint density at radius 3 is 2.59 bits per heavy atom. The Balaban J connectivity index is 1.45. The van der Waals surface area contributed by atoms with E-state index in [4.69, 9.17) is 14.2 Å². The molecule has 200 valence electrons. The number of anilines is 1. The van der Waals surface area contributed by atoms with E-state index in [1.807, 2.05) is 6.07 Å². The van der Waals surface area contributed by atoms with Crippen LogP contribution in [0.5, 0.6) is 11.5 Å². The van der Waals surface area contributed by atoms with Crippen LogP contribution in [0.25, 0.3) is 6.08 Å². The van der Waals surface area contributed by atoms with Gasteiger partial charge in [-0.05, 0) is 79.4 Å². The maximum atomic E-state index is 12.6. The Morgan fingerprint density at radius 1 is 1.08 bits per heavy atom. The molecule has 0 atom stereocenters. The minimum atomic E-state index is -0.408. The predicted octanol–water partition coefficient (Wildman–Crippen LogP) is 5.54. The number of thioether (sulfide) groups is 1. The van der Waals surface area contributed by atoms with Crippen molar-refractivity contribution in [2.75, 3.05) is 25.6 Å². The van der Waals surface area contributed by atoms with Crippen LogP contribution in [0.1, 0.15) is 22.8 Å². The fraction of sp³-hybridized carbons (Fsp3) is 0.143. The molecule has 1 fully saturated rings. The SMILES string of the molecule is CCOC(=O)c1ccc(N=C2NC(=O)/C(=C/c3cc(Br)ccc3OCC(=O)Nc3ccccc3OC)S2)cc1. The number of amides is 2. The number of aliphatic imine (C=N–C) groups is 1. The van der Waals surface area contributed by atoms with Crippen LogP contribution in [0.3, 0.4) is 0 Å². The average molecular weight is 610 g/mol. The van der Waals surface area contributed by atoms with Gasteiger partial charge in [-0.15, -0.1) is 0 Å². The summed E-state index contributed by atoms with van der Waals surface area (Å²) in [6.07, 6.45) is 1.67. The molecular formula is C28H24BrN3O6S. The smallest absolute Gasteiger partial charge is 0.338 e. The quantitative estimate of drug-likeness (QED) is 0.241. The van der Waals surface area contributed by atoms with E-state index in [9.17, 15) is 14.4 Å². The number of carbonyl (C=O) groups excluding carboxylic acids is 3. The van der Waals surface area contributed by atoms with Gasteiger partial charge in [0.05, 0.1) is 35.6 Å². The van der Waals surface area contributed by atoms with E-state index in [2.05, 4.69) is 31.6 Å². The molecule has 4 rings (SSSR count). The molecule has 1 saturated heterocycles. The molecule has 1 aliphatic heterocycles. The maximum Gasteiger partial charge on any atom is 0.338 e. The number of benzene rings is 3. The number of amidine groups is 1. The molecule has 3 aromatic carbocycles. The van der Waals surface area contributed by atoms with Gasteiger partial charge in [0.1, 0.15) is 11.5 Å². The molecule has 39 heavy (non-hydrogen) atoms. The number of hydrogen-bond donors (Lipinski definition) is 2. The number of esters is 1. The third kappa shape index (κ3) is 7.49. The second kappa shape index (κ2) is 13.1. The number of methoxy groups -OCH3 is 1. The molecule has 9 nitrogen and oxygen atoms in total. The summed E-state index contributed by atoms with van der Waals surface area (Å²) in [6.45, 7) is 1.79. The van der Waals surface area contributed by atoms with Crippen molar-refractivity contribution in [3.8, 4) is 11.5 Å². The fourth-order valence-electron chi connectivity index (χ4n) is 3.47. The zero-order chi connectivity index (χ0) is 27.8. The van der Waals surface area contributed by atoms with Gasteiger partial charge in [-0.1, -0.05) is 28.1 Å². The van der Waals surface area contributed by atoms with E-state index in [0.29, 0.717) is 50.7 Å². The topological polar surface area (TPSA) is 115 Å². The molecule has 2 amide bonds. The molecule has 2 N–H and O–H groups in total. The molecule has 0 spiro atoms. The minimum absolute atomic E-state index is 0.246. The molecule has 1 aliphatic rings. The van der Waals surface area contributed by atoms with Gasteiger partial charge < -0.3 is 24.8 Å². The molecule has 11 heteroatoms. The summed E-state index contributed by atoms with van der Waals surface area (Å²) in [4.78, 5) is 41.8. The van der Waals surface area contributed by atoms with Crippen LogP contribution < -0.4 is 20.1 Å². The average Bonchev–Trinajstić information content (AvgIpc) is 3.27. The van der Waals surface area contributed by atoms with Crippen molar-refractivity contribution in [1.29, 1.82) is 0 Å². The van der Waals surface area contributed by atoms with Gasteiger partial charge in [-0.2, -0.15) is 0 Å². The van der Waals surface area contributed by atoms with Gasteiger partial charge in [-0.25, -0.2) is 9.79 Å². The van der Waals surface area contributed by atoms with E-state index in [1.54, 1.807) is 73.7 Å². The van der Waals surface area contributed by atoms with Crippen molar-refractivity contribution >= 4 is 68.1 Å². The monoisotopic (exact) mass is 609 g/mol. The summed E-state index contributed by atoms with van der Waals surface area (Å²) >= 11 is 4.61. The van der Waals surface area contributed by atoms with Crippen molar-refractivity contribution in [2.24, 2.45) is 4.99 Å². The minimum Gasteiger partial charge on any atom is -0.495 e. The summed E-state index contributed by atoms with van der Waals surface area (Å²) in [6, 6.07) is 18.9. The van der Waals surface area contributed by atoms with Crippen LogP contribution in [-0.2, 0) is 14.3 Å². The highest BCUT2D eigenvalue weighted by molar-refractivity contribution is 9.10. The normalized spacial score (nSPS) is 14.7. The first-order chi connectivity index (χ1) is 18.9. The lowest BCUT2D eigenvalue weighted by Crippen LogP contribution is -2.20. The highest BCUT2D eigenvalue weighted by Crippen LogP contribution is 2.32. The van der Waals surface area contributed by atoms with Crippen LogP contribution in [0.4, 0.5) is 11.4 Å². The van der Waals surface area contributed by atoms with Crippen molar-refractivity contribution in [3.63, 3.8) is 0 Å². The Bertz CT molecular complexity index is 1460. The second-order valence-corrected chi connectivity index (χ2v) is 9.91. The Morgan fingerprint density at radius 2 is 1.85 bits per heavy atom. The van der Waals surface area contributed by atoms with Gasteiger partial charge >= 0.3 is 5.97 Å². The summed E-state index contributed by atoms with van der Waals surface area (Å²) in [5.41, 5.74) is 2.13. The summed E-state index contributed by atoms with van der Waals surface area (Å²) < 4.78 is 16.8. The molecule has 1 heterocycles. The Labute approximate surface area is 237 Å². The van der Waals surface area contributed by atoms with E-state index < -0.39 is 5.97 Å². The molecule has 0 radical (unpaired) electrons. The maximum absolute atomic E-state index is 12.6. The van der Waals surface area contributed by atoms with Crippen LogP contribution in [0, 0.1) is 0 Å². The van der Waals surface area contributed by atoms with Gasteiger partial charge in [0.15, 0.2) is 11.8 Å². The third-order valence-electron chi connectivity index (χ3n) is 5.26. The number of hydrogen-bond acceptors (Lipinski definition) is 8. The van der Waals surface area contributed by atoms with Gasteiger partial charge in [0.25, 0.3) is 11.8 Å². The van der Waals surface area contributed by atoms with Crippen LogP contribution >= 0.6 is 27.7 Å². The lowest BCUT2D eigenvalue weighted by atomic mass is 10.2. The molecule has 0 aliphatic carbocycles.